The molecule has 0 atom stereocenters. The number of benzene rings is 1. The van der Waals surface area contributed by atoms with Crippen LogP contribution < -0.4 is 5.73 Å². The summed E-state index contributed by atoms with van der Waals surface area (Å²) in [6, 6.07) is 9.24. The Morgan fingerprint density at radius 1 is 1.29 bits per heavy atom. The van der Waals surface area contributed by atoms with E-state index in [0.29, 0.717) is 12.0 Å². The lowest BCUT2D eigenvalue weighted by Crippen LogP contribution is -2.36. The summed E-state index contributed by atoms with van der Waals surface area (Å²) < 4.78 is 0. The maximum Gasteiger partial charge on any atom is 0.0555 e. The zero-order valence-electron chi connectivity index (χ0n) is 13.7. The molecule has 114 valence electrons. The Bertz CT molecular complexity index is 512. The molecule has 0 aromatic heterocycles. The van der Waals surface area contributed by atoms with Crippen molar-refractivity contribution in [1.82, 2.24) is 4.90 Å². The van der Waals surface area contributed by atoms with Crippen molar-refractivity contribution in [2.75, 3.05) is 13.6 Å². The minimum absolute atomic E-state index is 0.419. The Kier molecular flexibility index (Phi) is 5.45. The van der Waals surface area contributed by atoms with Crippen LogP contribution in [0, 0.1) is 17.3 Å². The highest BCUT2D eigenvalue weighted by Gasteiger charge is 2.28. The van der Waals surface area contributed by atoms with Crippen LogP contribution in [0.25, 0.3) is 0 Å². The second kappa shape index (κ2) is 7.11. The number of nitrogens with two attached hydrogens (primary N) is 1. The van der Waals surface area contributed by atoms with Crippen molar-refractivity contribution in [1.29, 1.82) is 0 Å². The molecule has 1 aromatic carbocycles. The topological polar surface area (TPSA) is 29.3 Å². The largest absolute Gasteiger partial charge is 0.320 e. The first-order valence-electron chi connectivity index (χ1n) is 7.98. The molecule has 0 radical (unpaired) electrons. The lowest BCUT2D eigenvalue weighted by molar-refractivity contribution is 0.123. The minimum Gasteiger partial charge on any atom is -0.320 e. The first kappa shape index (κ1) is 16.1. The van der Waals surface area contributed by atoms with Crippen LogP contribution in [0.2, 0.25) is 0 Å². The van der Waals surface area contributed by atoms with Gasteiger partial charge >= 0.3 is 0 Å². The monoisotopic (exact) mass is 284 g/mol. The molecule has 2 N–H and O–H groups in total. The second-order valence-electron chi connectivity index (χ2n) is 7.02. The molecule has 0 unspecified atom stereocenters. The molecule has 2 nitrogen and oxygen atoms in total. The highest BCUT2D eigenvalue weighted by Crippen LogP contribution is 2.36. The molecule has 0 heterocycles. The van der Waals surface area contributed by atoms with Crippen LogP contribution in [0.5, 0.6) is 0 Å². The van der Waals surface area contributed by atoms with Gasteiger partial charge in [0, 0.05) is 18.2 Å². The summed E-state index contributed by atoms with van der Waals surface area (Å²) in [5.74, 6) is 6.04. The van der Waals surface area contributed by atoms with Gasteiger partial charge in [-0.25, -0.2) is 0 Å². The van der Waals surface area contributed by atoms with Gasteiger partial charge in [0.1, 0.15) is 0 Å². The standard InChI is InChI=1S/C19H28N2/c1-19(2)11-9-18(10-12-19)21(3)15-17-7-4-6-16(14-17)8-5-13-20/h4,6-7,14,18H,9-13,15,20H2,1-3H3. The molecule has 1 aliphatic carbocycles. The maximum atomic E-state index is 5.43. The molecule has 1 fully saturated rings. The maximum absolute atomic E-state index is 5.43. The Balaban J connectivity index is 1.95. The van der Waals surface area contributed by atoms with E-state index in [-0.39, 0.29) is 0 Å². The Morgan fingerprint density at radius 2 is 2.00 bits per heavy atom. The van der Waals surface area contributed by atoms with Crippen LogP contribution in [0.4, 0.5) is 0 Å². The van der Waals surface area contributed by atoms with Gasteiger partial charge in [-0.05, 0) is 55.8 Å². The molecule has 0 amide bonds. The predicted octanol–water partition coefficient (Wildman–Crippen LogP) is 3.40. The molecule has 0 saturated heterocycles. The zero-order valence-corrected chi connectivity index (χ0v) is 13.7. The van der Waals surface area contributed by atoms with Crippen molar-refractivity contribution in [3.05, 3.63) is 35.4 Å². The summed E-state index contributed by atoms with van der Waals surface area (Å²) in [4.78, 5) is 2.50. The molecule has 1 aromatic rings. The van der Waals surface area contributed by atoms with Crippen molar-refractivity contribution in [2.45, 2.75) is 52.1 Å². The molecule has 0 bridgehead atoms. The summed E-state index contributed by atoms with van der Waals surface area (Å²) in [6.07, 6.45) is 5.31. The third-order valence-corrected chi connectivity index (χ3v) is 4.63. The van der Waals surface area contributed by atoms with Gasteiger partial charge in [-0.15, -0.1) is 0 Å². The summed E-state index contributed by atoms with van der Waals surface area (Å²) in [6.45, 7) is 6.21. The molecule has 0 aliphatic heterocycles. The Hall–Kier alpha value is -1.30. The van der Waals surface area contributed by atoms with E-state index < -0.39 is 0 Å². The Morgan fingerprint density at radius 3 is 2.67 bits per heavy atom. The van der Waals surface area contributed by atoms with Crippen molar-refractivity contribution in [3.8, 4) is 11.8 Å². The van der Waals surface area contributed by atoms with Gasteiger partial charge in [0.25, 0.3) is 0 Å². The second-order valence-corrected chi connectivity index (χ2v) is 7.02. The lowest BCUT2D eigenvalue weighted by Gasteiger charge is -2.38. The molecule has 1 aliphatic rings. The number of hydrogen-bond donors (Lipinski definition) is 1. The van der Waals surface area contributed by atoms with E-state index in [4.69, 9.17) is 5.73 Å². The SMILES string of the molecule is CN(Cc1cccc(C#CCN)c1)C1CCC(C)(C)CC1. The molecule has 1 saturated carbocycles. The fourth-order valence-corrected chi connectivity index (χ4v) is 3.14. The Labute approximate surface area is 129 Å². The van der Waals surface area contributed by atoms with Gasteiger partial charge in [0.2, 0.25) is 0 Å². The highest BCUT2D eigenvalue weighted by atomic mass is 15.1. The van der Waals surface area contributed by atoms with Crippen molar-refractivity contribution < 1.29 is 0 Å². The number of rotatable bonds is 3. The van der Waals surface area contributed by atoms with Crippen molar-refractivity contribution in [2.24, 2.45) is 11.1 Å². The molecule has 0 spiro atoms. The van der Waals surface area contributed by atoms with E-state index in [2.05, 4.69) is 61.9 Å². The predicted molar refractivity (Wildman–Crippen MR) is 89.9 cm³/mol. The minimum atomic E-state index is 0.419. The molecule has 2 heteroatoms. The third-order valence-electron chi connectivity index (χ3n) is 4.63. The van der Waals surface area contributed by atoms with Crippen LogP contribution in [-0.4, -0.2) is 24.5 Å². The first-order valence-corrected chi connectivity index (χ1v) is 7.98. The summed E-state index contributed by atoms with van der Waals surface area (Å²) >= 11 is 0. The van der Waals surface area contributed by atoms with E-state index >= 15 is 0 Å². The van der Waals surface area contributed by atoms with Crippen molar-refractivity contribution >= 4 is 0 Å². The van der Waals surface area contributed by atoms with Crippen molar-refractivity contribution in [3.63, 3.8) is 0 Å². The highest BCUT2D eigenvalue weighted by molar-refractivity contribution is 5.37. The number of hydrogen-bond acceptors (Lipinski definition) is 2. The van der Waals surface area contributed by atoms with E-state index in [1.165, 1.54) is 31.2 Å². The normalized spacial score (nSPS) is 18.3. The molecule has 2 rings (SSSR count). The third kappa shape index (κ3) is 4.88. The average molecular weight is 284 g/mol. The van der Waals surface area contributed by atoms with Crippen LogP contribution in [-0.2, 0) is 6.54 Å². The molecular formula is C19H28N2. The molecule has 21 heavy (non-hydrogen) atoms. The molecular weight excluding hydrogens is 256 g/mol. The van der Waals surface area contributed by atoms with Crippen LogP contribution in [0.1, 0.15) is 50.7 Å². The van der Waals surface area contributed by atoms with Crippen LogP contribution >= 0.6 is 0 Å². The fourth-order valence-electron chi connectivity index (χ4n) is 3.14. The zero-order chi connectivity index (χ0) is 15.3. The summed E-state index contributed by atoms with van der Waals surface area (Å²) in [5.41, 5.74) is 8.37. The average Bonchev–Trinajstić information content (AvgIpc) is 2.45. The van der Waals surface area contributed by atoms with Gasteiger partial charge in [0.15, 0.2) is 0 Å². The van der Waals surface area contributed by atoms with E-state index in [9.17, 15) is 0 Å². The van der Waals surface area contributed by atoms with Crippen LogP contribution in [0.3, 0.4) is 0 Å². The summed E-state index contributed by atoms with van der Waals surface area (Å²) in [5, 5.41) is 0. The van der Waals surface area contributed by atoms with Crippen LogP contribution in [0.15, 0.2) is 24.3 Å². The first-order chi connectivity index (χ1) is 10.00. The van der Waals surface area contributed by atoms with Gasteiger partial charge < -0.3 is 5.73 Å². The van der Waals surface area contributed by atoms with Gasteiger partial charge in [0.05, 0.1) is 6.54 Å². The summed E-state index contributed by atoms with van der Waals surface area (Å²) in [7, 11) is 2.25. The smallest absolute Gasteiger partial charge is 0.0555 e. The van der Waals surface area contributed by atoms with Gasteiger partial charge in [-0.2, -0.15) is 0 Å². The lowest BCUT2D eigenvalue weighted by atomic mass is 9.75. The fraction of sp³-hybridized carbons (Fsp3) is 0.579. The number of nitrogens with zero attached hydrogens (tertiary/aromatic N) is 1. The van der Waals surface area contributed by atoms with Gasteiger partial charge in [-0.1, -0.05) is 37.8 Å². The van der Waals surface area contributed by atoms with E-state index in [1.54, 1.807) is 0 Å². The quantitative estimate of drug-likeness (QED) is 0.862. The van der Waals surface area contributed by atoms with E-state index in [0.717, 1.165) is 18.2 Å². The van der Waals surface area contributed by atoms with Gasteiger partial charge in [-0.3, -0.25) is 4.90 Å². The van der Waals surface area contributed by atoms with E-state index in [1.807, 2.05) is 0 Å².